The first kappa shape index (κ1) is 7.08. The number of allylic oxidation sites excluding steroid dienone is 2. The topological polar surface area (TPSA) is 34.1 Å². The van der Waals surface area contributed by atoms with Crippen LogP contribution in [0.15, 0.2) is 12.2 Å². The Morgan fingerprint density at radius 2 is 1.88 bits per heavy atom. The van der Waals surface area contributed by atoms with Crippen molar-refractivity contribution in [1.29, 1.82) is 0 Å². The van der Waals surface area contributed by atoms with Crippen LogP contribution in [0.25, 0.3) is 0 Å². The molecular formula is C6H8O2. The molecule has 8 heavy (non-hydrogen) atoms. The Hall–Kier alpha value is -0.920. The van der Waals surface area contributed by atoms with Gasteiger partial charge in [-0.15, -0.1) is 0 Å². The Kier molecular flexibility index (Phi) is 5.38. The first-order chi connectivity index (χ1) is 3.91. The summed E-state index contributed by atoms with van der Waals surface area (Å²) in [6, 6.07) is 0. The zero-order valence-electron chi connectivity index (χ0n) is 4.54. The predicted octanol–water partition coefficient (Wildman–Crippen LogP) is 0.721. The van der Waals surface area contributed by atoms with Crippen LogP contribution in [0.4, 0.5) is 0 Å². The number of carbonyl (C=O) groups excluding carboxylic acids is 2. The Morgan fingerprint density at radius 3 is 2.38 bits per heavy atom. The van der Waals surface area contributed by atoms with Crippen LogP contribution in [-0.2, 0) is 9.59 Å². The third kappa shape index (κ3) is 5.08. The molecule has 0 heterocycles. The lowest BCUT2D eigenvalue weighted by atomic mass is 10.3. The monoisotopic (exact) mass is 112 g/mol. The number of rotatable bonds is 4. The summed E-state index contributed by atoms with van der Waals surface area (Å²) < 4.78 is 0. The summed E-state index contributed by atoms with van der Waals surface area (Å²) in [7, 11) is 0. The lowest BCUT2D eigenvalue weighted by Crippen LogP contribution is -1.69. The highest BCUT2D eigenvalue weighted by molar-refractivity contribution is 5.64. The molecule has 0 radical (unpaired) electrons. The third-order valence-electron chi connectivity index (χ3n) is 0.666. The molecule has 0 aliphatic rings. The van der Waals surface area contributed by atoms with E-state index in [0.29, 0.717) is 19.1 Å². The Labute approximate surface area is 48.2 Å². The fraction of sp³-hybridized carbons (Fsp3) is 0.333. The van der Waals surface area contributed by atoms with Crippen LogP contribution >= 0.6 is 0 Å². The van der Waals surface area contributed by atoms with Gasteiger partial charge in [0.15, 0.2) is 0 Å². The second-order valence-electron chi connectivity index (χ2n) is 1.31. The molecule has 0 unspecified atom stereocenters. The highest BCUT2D eigenvalue weighted by atomic mass is 16.1. The number of unbranched alkanes of at least 4 members (excludes halogenated alkanes) is 1. The van der Waals surface area contributed by atoms with Gasteiger partial charge in [-0.05, 0) is 12.5 Å². The van der Waals surface area contributed by atoms with E-state index in [1.165, 1.54) is 6.08 Å². The van der Waals surface area contributed by atoms with E-state index in [0.717, 1.165) is 6.29 Å². The lowest BCUT2D eigenvalue weighted by Gasteiger charge is -1.75. The molecule has 0 aromatic rings. The van der Waals surface area contributed by atoms with Crippen molar-refractivity contribution >= 4 is 12.6 Å². The van der Waals surface area contributed by atoms with Crippen molar-refractivity contribution < 1.29 is 9.59 Å². The molecular weight excluding hydrogens is 104 g/mol. The first-order valence-corrected chi connectivity index (χ1v) is 2.45. The summed E-state index contributed by atoms with van der Waals surface area (Å²) in [5, 5.41) is 0. The molecule has 0 saturated heterocycles. The van der Waals surface area contributed by atoms with Gasteiger partial charge < -0.3 is 4.79 Å². The summed E-state index contributed by atoms with van der Waals surface area (Å²) in [6.45, 7) is 0. The Balaban J connectivity index is 3.02. The number of carbonyl (C=O) groups is 2. The second-order valence-corrected chi connectivity index (χ2v) is 1.31. The molecule has 0 aliphatic carbocycles. The van der Waals surface area contributed by atoms with Crippen molar-refractivity contribution in [1.82, 2.24) is 0 Å². The fourth-order valence-corrected chi connectivity index (χ4v) is 0.316. The maximum Gasteiger partial charge on any atom is 0.142 e. The van der Waals surface area contributed by atoms with Crippen LogP contribution < -0.4 is 0 Å². The Bertz CT molecular complexity index is 94.7. The van der Waals surface area contributed by atoms with E-state index in [1.54, 1.807) is 6.08 Å². The van der Waals surface area contributed by atoms with Crippen molar-refractivity contribution in [3.05, 3.63) is 12.2 Å². The van der Waals surface area contributed by atoms with Gasteiger partial charge in [0.05, 0.1) is 0 Å². The van der Waals surface area contributed by atoms with Crippen LogP contribution in [0, 0.1) is 0 Å². The minimum atomic E-state index is 0.504. The van der Waals surface area contributed by atoms with Crippen LogP contribution in [-0.4, -0.2) is 12.6 Å². The molecule has 0 aromatic carbocycles. The summed E-state index contributed by atoms with van der Waals surface area (Å²) >= 11 is 0. The fourth-order valence-electron chi connectivity index (χ4n) is 0.316. The molecule has 0 amide bonds. The average molecular weight is 112 g/mol. The van der Waals surface area contributed by atoms with Crippen molar-refractivity contribution in [2.24, 2.45) is 0 Å². The van der Waals surface area contributed by atoms with Gasteiger partial charge in [-0.3, -0.25) is 4.79 Å². The standard InChI is InChI=1S/C6H8O2/c7-5-3-1-2-4-6-8/h1,3,5-6H,2,4H2/b3-1-. The number of aldehydes is 2. The molecule has 0 aliphatic heterocycles. The Morgan fingerprint density at radius 1 is 1.12 bits per heavy atom. The second kappa shape index (κ2) is 6.08. The van der Waals surface area contributed by atoms with E-state index >= 15 is 0 Å². The van der Waals surface area contributed by atoms with E-state index in [1.807, 2.05) is 0 Å². The molecule has 0 bridgehead atoms. The number of hydrogen-bond acceptors (Lipinski definition) is 2. The zero-order valence-corrected chi connectivity index (χ0v) is 4.54. The normalized spacial score (nSPS) is 9.50. The average Bonchev–Trinajstić information content (AvgIpc) is 1.81. The first-order valence-electron chi connectivity index (χ1n) is 2.45. The van der Waals surface area contributed by atoms with Gasteiger partial charge in [-0.2, -0.15) is 0 Å². The molecule has 0 N–H and O–H groups in total. The summed E-state index contributed by atoms with van der Waals surface area (Å²) in [6.07, 6.45) is 5.76. The SMILES string of the molecule is O=C/C=C\CCC=O. The highest BCUT2D eigenvalue weighted by Gasteiger charge is 1.74. The van der Waals surface area contributed by atoms with Crippen LogP contribution in [0.3, 0.4) is 0 Å². The molecule has 0 fully saturated rings. The van der Waals surface area contributed by atoms with Gasteiger partial charge in [0.1, 0.15) is 12.6 Å². The quantitative estimate of drug-likeness (QED) is 0.305. The molecule has 2 nitrogen and oxygen atoms in total. The third-order valence-corrected chi connectivity index (χ3v) is 0.666. The lowest BCUT2D eigenvalue weighted by molar-refractivity contribution is -0.108. The van der Waals surface area contributed by atoms with Crippen molar-refractivity contribution in [2.75, 3.05) is 0 Å². The molecule has 44 valence electrons. The van der Waals surface area contributed by atoms with E-state index in [4.69, 9.17) is 0 Å². The van der Waals surface area contributed by atoms with Gasteiger partial charge in [-0.25, -0.2) is 0 Å². The van der Waals surface area contributed by atoms with Crippen LogP contribution in [0.2, 0.25) is 0 Å². The van der Waals surface area contributed by atoms with Crippen LogP contribution in [0.1, 0.15) is 12.8 Å². The molecule has 0 atom stereocenters. The summed E-state index contributed by atoms with van der Waals surface area (Å²) in [5.74, 6) is 0. The maximum atomic E-state index is 9.65. The largest absolute Gasteiger partial charge is 0.303 e. The minimum Gasteiger partial charge on any atom is -0.303 e. The highest BCUT2D eigenvalue weighted by Crippen LogP contribution is 1.83. The molecule has 0 saturated carbocycles. The number of hydrogen-bond donors (Lipinski definition) is 0. The van der Waals surface area contributed by atoms with E-state index in [2.05, 4.69) is 0 Å². The van der Waals surface area contributed by atoms with E-state index in [9.17, 15) is 9.59 Å². The molecule has 0 aromatic heterocycles. The summed E-state index contributed by atoms with van der Waals surface area (Å²) in [5.41, 5.74) is 0. The van der Waals surface area contributed by atoms with Gasteiger partial charge in [0.2, 0.25) is 0 Å². The zero-order chi connectivity index (χ0) is 6.24. The minimum absolute atomic E-state index is 0.504. The van der Waals surface area contributed by atoms with E-state index in [-0.39, 0.29) is 0 Å². The maximum absolute atomic E-state index is 9.65. The van der Waals surface area contributed by atoms with Crippen molar-refractivity contribution in [3.63, 3.8) is 0 Å². The van der Waals surface area contributed by atoms with Gasteiger partial charge in [-0.1, -0.05) is 6.08 Å². The van der Waals surface area contributed by atoms with Crippen LogP contribution in [0.5, 0.6) is 0 Å². The van der Waals surface area contributed by atoms with Gasteiger partial charge >= 0.3 is 0 Å². The molecule has 0 rings (SSSR count). The van der Waals surface area contributed by atoms with Crippen molar-refractivity contribution in [3.8, 4) is 0 Å². The van der Waals surface area contributed by atoms with Crippen molar-refractivity contribution in [2.45, 2.75) is 12.8 Å². The molecule has 2 heteroatoms. The van der Waals surface area contributed by atoms with Gasteiger partial charge in [0, 0.05) is 6.42 Å². The van der Waals surface area contributed by atoms with E-state index < -0.39 is 0 Å². The summed E-state index contributed by atoms with van der Waals surface area (Å²) in [4.78, 5) is 19.2. The smallest absolute Gasteiger partial charge is 0.142 e. The predicted molar refractivity (Wildman–Crippen MR) is 30.5 cm³/mol. The molecule has 0 spiro atoms. The van der Waals surface area contributed by atoms with Gasteiger partial charge in [0.25, 0.3) is 0 Å².